The van der Waals surface area contributed by atoms with Crippen LogP contribution >= 0.6 is 7.82 Å². The van der Waals surface area contributed by atoms with E-state index in [4.69, 9.17) is 9.79 Å². The molecular weight excluding hydrogens is 193 g/mol. The summed E-state index contributed by atoms with van der Waals surface area (Å²) in [5.74, 6) is 0. The predicted molar refractivity (Wildman–Crippen MR) is 50.1 cm³/mol. The second-order valence-corrected chi connectivity index (χ2v) is 4.35. The Balaban J connectivity index is 4.03. The molecule has 0 saturated heterocycles. The molecule has 13 heavy (non-hydrogen) atoms. The predicted octanol–water partition coefficient (Wildman–Crippen LogP) is 1.17. The minimum absolute atomic E-state index is 0.499. The van der Waals surface area contributed by atoms with Gasteiger partial charge in [-0.25, -0.2) is 4.57 Å². The molecule has 0 rings (SSSR count). The fourth-order valence-corrected chi connectivity index (χ4v) is 1.55. The van der Waals surface area contributed by atoms with Gasteiger partial charge in [0.1, 0.15) is 6.23 Å². The highest BCUT2D eigenvalue weighted by molar-refractivity contribution is 7.46. The monoisotopic (exact) mass is 211 g/mol. The Hall–Kier alpha value is 0.0700. The number of hydrogen-bond acceptors (Lipinski definition) is 3. The largest absolute Gasteiger partial charge is 0.471 e. The zero-order valence-electron chi connectivity index (χ0n) is 8.30. The molecule has 5 nitrogen and oxygen atoms in total. The fraction of sp³-hybridized carbons (Fsp3) is 1.00. The highest BCUT2D eigenvalue weighted by Crippen LogP contribution is 2.38. The molecule has 0 aliphatic rings. The van der Waals surface area contributed by atoms with Gasteiger partial charge in [0.05, 0.1) is 0 Å². The Morgan fingerprint density at radius 3 is 2.31 bits per heavy atom. The van der Waals surface area contributed by atoms with Gasteiger partial charge in [0, 0.05) is 0 Å². The quantitative estimate of drug-likeness (QED) is 0.510. The van der Waals surface area contributed by atoms with Crippen LogP contribution in [0.1, 0.15) is 26.2 Å². The van der Waals surface area contributed by atoms with Crippen molar-refractivity contribution in [3.63, 3.8) is 0 Å². The highest BCUT2D eigenvalue weighted by atomic mass is 31.2. The second-order valence-electron chi connectivity index (χ2n) is 3.16. The first kappa shape index (κ1) is 13.1. The minimum atomic E-state index is -4.36. The molecule has 6 heteroatoms. The molecule has 0 aromatic rings. The summed E-state index contributed by atoms with van der Waals surface area (Å²) < 4.78 is 15.1. The zero-order chi connectivity index (χ0) is 10.5. The van der Waals surface area contributed by atoms with Crippen LogP contribution in [0.3, 0.4) is 0 Å². The van der Waals surface area contributed by atoms with Crippen molar-refractivity contribution in [3.05, 3.63) is 0 Å². The summed E-state index contributed by atoms with van der Waals surface area (Å²) in [5.41, 5.74) is 0. The Morgan fingerprint density at radius 2 is 2.00 bits per heavy atom. The van der Waals surface area contributed by atoms with Crippen molar-refractivity contribution in [1.82, 2.24) is 4.90 Å². The van der Waals surface area contributed by atoms with Crippen LogP contribution in [0.15, 0.2) is 0 Å². The maximum absolute atomic E-state index is 10.6. The molecule has 0 amide bonds. The van der Waals surface area contributed by atoms with Crippen LogP contribution in [-0.4, -0.2) is 35.0 Å². The third-order valence-electron chi connectivity index (χ3n) is 1.64. The van der Waals surface area contributed by atoms with Crippen molar-refractivity contribution in [2.75, 3.05) is 14.1 Å². The highest BCUT2D eigenvalue weighted by Gasteiger charge is 2.22. The maximum atomic E-state index is 10.6. The van der Waals surface area contributed by atoms with Crippen molar-refractivity contribution < 1.29 is 18.9 Å². The Kier molecular flexibility index (Phi) is 5.76. The van der Waals surface area contributed by atoms with E-state index in [9.17, 15) is 4.57 Å². The smallest absolute Gasteiger partial charge is 0.303 e. The van der Waals surface area contributed by atoms with Gasteiger partial charge in [-0.3, -0.25) is 9.42 Å². The van der Waals surface area contributed by atoms with Crippen LogP contribution in [0.5, 0.6) is 0 Å². The van der Waals surface area contributed by atoms with Crippen LogP contribution in [0, 0.1) is 0 Å². The lowest BCUT2D eigenvalue weighted by atomic mass is 10.2. The molecule has 0 aromatic heterocycles. The summed E-state index contributed by atoms with van der Waals surface area (Å²) in [6, 6.07) is 0. The molecule has 0 spiro atoms. The number of nitrogens with zero attached hydrogens (tertiary/aromatic N) is 1. The van der Waals surface area contributed by atoms with Crippen molar-refractivity contribution >= 4 is 7.82 Å². The van der Waals surface area contributed by atoms with Gasteiger partial charge in [-0.1, -0.05) is 13.3 Å². The summed E-state index contributed by atoms with van der Waals surface area (Å²) in [4.78, 5) is 18.9. The zero-order valence-corrected chi connectivity index (χ0v) is 9.20. The molecule has 0 radical (unpaired) electrons. The first-order valence-electron chi connectivity index (χ1n) is 4.27. The van der Waals surface area contributed by atoms with Crippen LogP contribution in [-0.2, 0) is 9.09 Å². The average Bonchev–Trinajstić information content (AvgIpc) is 1.95. The van der Waals surface area contributed by atoms with Gasteiger partial charge in [-0.15, -0.1) is 0 Å². The second kappa shape index (κ2) is 5.73. The molecule has 0 aliphatic heterocycles. The third kappa shape index (κ3) is 7.16. The van der Waals surface area contributed by atoms with Crippen molar-refractivity contribution in [2.45, 2.75) is 32.4 Å². The molecule has 0 heterocycles. The minimum Gasteiger partial charge on any atom is -0.303 e. The van der Waals surface area contributed by atoms with Gasteiger partial charge in [0.25, 0.3) is 0 Å². The van der Waals surface area contributed by atoms with E-state index in [1.807, 2.05) is 6.92 Å². The molecule has 80 valence electrons. The van der Waals surface area contributed by atoms with Gasteiger partial charge in [0.2, 0.25) is 0 Å². The summed E-state index contributed by atoms with van der Waals surface area (Å²) in [7, 11) is -0.893. The van der Waals surface area contributed by atoms with Crippen LogP contribution in [0.25, 0.3) is 0 Å². The standard InChI is InChI=1S/C7H18NO4P/c1-4-5-6-7(8(2)3)12-13(9,10)11/h7H,4-6H2,1-3H3,(H2,9,10,11). The van der Waals surface area contributed by atoms with E-state index in [2.05, 4.69) is 4.52 Å². The fourth-order valence-electron chi connectivity index (χ4n) is 0.942. The van der Waals surface area contributed by atoms with Gasteiger partial charge in [-0.2, -0.15) is 0 Å². The normalized spacial score (nSPS) is 14.9. The lowest BCUT2D eigenvalue weighted by molar-refractivity contribution is 0.0267. The third-order valence-corrected chi connectivity index (χ3v) is 2.16. The van der Waals surface area contributed by atoms with E-state index in [0.717, 1.165) is 12.8 Å². The maximum Gasteiger partial charge on any atom is 0.471 e. The topological polar surface area (TPSA) is 70.0 Å². The molecule has 1 atom stereocenters. The van der Waals surface area contributed by atoms with Crippen molar-refractivity contribution in [3.8, 4) is 0 Å². The van der Waals surface area contributed by atoms with Gasteiger partial charge >= 0.3 is 7.82 Å². The molecule has 1 unspecified atom stereocenters. The first-order chi connectivity index (χ1) is 5.87. The van der Waals surface area contributed by atoms with E-state index in [1.54, 1.807) is 19.0 Å². The van der Waals surface area contributed by atoms with E-state index >= 15 is 0 Å². The van der Waals surface area contributed by atoms with Crippen molar-refractivity contribution in [1.29, 1.82) is 0 Å². The van der Waals surface area contributed by atoms with E-state index in [0.29, 0.717) is 6.42 Å². The molecule has 0 aliphatic carbocycles. The Morgan fingerprint density at radius 1 is 1.46 bits per heavy atom. The number of hydrogen-bond donors (Lipinski definition) is 2. The van der Waals surface area contributed by atoms with Crippen molar-refractivity contribution in [2.24, 2.45) is 0 Å². The summed E-state index contributed by atoms with van der Waals surface area (Å²) >= 11 is 0. The SMILES string of the molecule is CCCCC(OP(=O)(O)O)N(C)C. The number of phosphoric ester groups is 1. The van der Waals surface area contributed by atoms with Gasteiger partial charge < -0.3 is 9.79 Å². The Labute approximate surface area is 78.9 Å². The van der Waals surface area contributed by atoms with Gasteiger partial charge in [0.15, 0.2) is 0 Å². The van der Waals surface area contributed by atoms with Gasteiger partial charge in [-0.05, 0) is 26.9 Å². The molecule has 2 N–H and O–H groups in total. The molecule has 0 fully saturated rings. The number of unbranched alkanes of at least 4 members (excludes halogenated alkanes) is 1. The van der Waals surface area contributed by atoms with Crippen LogP contribution in [0.4, 0.5) is 0 Å². The summed E-state index contributed by atoms with van der Waals surface area (Å²) in [5, 5.41) is 0. The molecule has 0 bridgehead atoms. The van der Waals surface area contributed by atoms with E-state index in [-0.39, 0.29) is 0 Å². The van der Waals surface area contributed by atoms with Crippen LogP contribution < -0.4 is 0 Å². The molecular formula is C7H18NO4P. The number of phosphoric acid groups is 1. The number of rotatable bonds is 6. The lowest BCUT2D eigenvalue weighted by Gasteiger charge is -2.24. The molecule has 0 aromatic carbocycles. The lowest BCUT2D eigenvalue weighted by Crippen LogP contribution is -2.29. The molecule has 0 saturated carbocycles. The van der Waals surface area contributed by atoms with E-state index in [1.165, 1.54) is 0 Å². The average molecular weight is 211 g/mol. The van der Waals surface area contributed by atoms with E-state index < -0.39 is 14.1 Å². The summed E-state index contributed by atoms with van der Waals surface area (Å²) in [6.45, 7) is 2.02. The summed E-state index contributed by atoms with van der Waals surface area (Å²) in [6.07, 6.45) is 2.01. The Bertz CT molecular complexity index is 179. The van der Waals surface area contributed by atoms with Crippen LogP contribution in [0.2, 0.25) is 0 Å². The first-order valence-corrected chi connectivity index (χ1v) is 5.80.